The van der Waals surface area contributed by atoms with E-state index in [2.05, 4.69) is 10.2 Å². The maximum atomic E-state index is 12.3. The average molecular weight is 243 g/mol. The molecule has 5 nitrogen and oxygen atoms in total. The zero-order valence-electron chi connectivity index (χ0n) is 9.85. The van der Waals surface area contributed by atoms with Crippen LogP contribution in [0, 0.1) is 0 Å². The number of nitrogens with zero attached hydrogens (tertiary/aromatic N) is 2. The molecule has 1 aliphatic heterocycles. The van der Waals surface area contributed by atoms with Gasteiger partial charge in [-0.15, -0.1) is 0 Å². The van der Waals surface area contributed by atoms with Crippen molar-refractivity contribution in [1.82, 2.24) is 15.1 Å². The summed E-state index contributed by atoms with van der Waals surface area (Å²) in [7, 11) is 0. The van der Waals surface area contributed by atoms with E-state index < -0.39 is 0 Å². The molecule has 1 aromatic heterocycles. The lowest BCUT2D eigenvalue weighted by atomic mass is 10.1. The van der Waals surface area contributed by atoms with E-state index in [9.17, 15) is 9.59 Å². The molecular formula is C13H13N3O2. The van der Waals surface area contributed by atoms with E-state index in [1.807, 2.05) is 24.3 Å². The van der Waals surface area contributed by atoms with Crippen molar-refractivity contribution in [1.29, 1.82) is 0 Å². The summed E-state index contributed by atoms with van der Waals surface area (Å²) >= 11 is 0. The number of fused-ring (bicyclic) bond motifs is 1. The number of aromatic nitrogens is 2. The van der Waals surface area contributed by atoms with Crippen LogP contribution in [0.1, 0.15) is 23.3 Å². The van der Waals surface area contributed by atoms with Gasteiger partial charge >= 0.3 is 0 Å². The first-order valence-electron chi connectivity index (χ1n) is 6.00. The summed E-state index contributed by atoms with van der Waals surface area (Å²) in [5.41, 5.74) is 1.30. The Hall–Kier alpha value is -2.17. The van der Waals surface area contributed by atoms with Crippen molar-refractivity contribution in [3.05, 3.63) is 30.0 Å². The number of carbonyl (C=O) groups excluding carboxylic acids is 2. The number of hydrogen-bond donors (Lipinski definition) is 1. The van der Waals surface area contributed by atoms with Gasteiger partial charge in [-0.25, -0.2) is 0 Å². The molecule has 0 bridgehead atoms. The predicted molar refractivity (Wildman–Crippen MR) is 66.2 cm³/mol. The molecule has 1 saturated heterocycles. The van der Waals surface area contributed by atoms with Crippen LogP contribution >= 0.6 is 0 Å². The smallest absolute Gasteiger partial charge is 0.275 e. The zero-order chi connectivity index (χ0) is 12.5. The second-order valence-electron chi connectivity index (χ2n) is 4.45. The van der Waals surface area contributed by atoms with E-state index in [4.69, 9.17) is 0 Å². The third kappa shape index (κ3) is 1.77. The van der Waals surface area contributed by atoms with Gasteiger partial charge in [0.15, 0.2) is 5.69 Å². The molecule has 1 aliphatic rings. The van der Waals surface area contributed by atoms with Crippen molar-refractivity contribution in [2.75, 3.05) is 13.1 Å². The monoisotopic (exact) mass is 243 g/mol. The highest BCUT2D eigenvalue weighted by molar-refractivity contribution is 6.05. The lowest BCUT2D eigenvalue weighted by molar-refractivity contribution is -0.120. The molecule has 1 fully saturated rings. The molecule has 0 spiro atoms. The van der Waals surface area contributed by atoms with Crippen molar-refractivity contribution in [2.24, 2.45) is 0 Å². The Kier molecular flexibility index (Phi) is 2.59. The maximum absolute atomic E-state index is 12.3. The quantitative estimate of drug-likeness (QED) is 0.822. The van der Waals surface area contributed by atoms with Gasteiger partial charge in [0.05, 0.1) is 5.52 Å². The van der Waals surface area contributed by atoms with Gasteiger partial charge < -0.3 is 4.90 Å². The average Bonchev–Trinajstić information content (AvgIpc) is 2.82. The molecule has 0 unspecified atom stereocenters. The van der Waals surface area contributed by atoms with E-state index in [0.29, 0.717) is 31.6 Å². The lowest BCUT2D eigenvalue weighted by Crippen LogP contribution is -2.38. The van der Waals surface area contributed by atoms with Gasteiger partial charge in [0.2, 0.25) is 0 Å². The van der Waals surface area contributed by atoms with Gasteiger partial charge in [0, 0.05) is 31.3 Å². The number of benzene rings is 1. The molecule has 0 radical (unpaired) electrons. The summed E-state index contributed by atoms with van der Waals surface area (Å²) in [5, 5.41) is 7.77. The first kappa shape index (κ1) is 11.0. The van der Waals surface area contributed by atoms with Gasteiger partial charge in [0.1, 0.15) is 5.78 Å². The number of aromatic amines is 1. The third-order valence-corrected chi connectivity index (χ3v) is 3.28. The number of piperidine rings is 1. The van der Waals surface area contributed by atoms with Crippen molar-refractivity contribution in [3.8, 4) is 0 Å². The molecule has 1 amide bonds. The minimum atomic E-state index is -0.0973. The second-order valence-corrected chi connectivity index (χ2v) is 4.45. The summed E-state index contributed by atoms with van der Waals surface area (Å²) in [6.45, 7) is 0.998. The summed E-state index contributed by atoms with van der Waals surface area (Å²) in [6.07, 6.45) is 0.905. The van der Waals surface area contributed by atoms with Crippen LogP contribution in [-0.2, 0) is 4.79 Å². The molecule has 2 heterocycles. The van der Waals surface area contributed by atoms with Crippen LogP contribution < -0.4 is 0 Å². The van der Waals surface area contributed by atoms with Crippen molar-refractivity contribution < 1.29 is 9.59 Å². The first-order valence-corrected chi connectivity index (χ1v) is 6.00. The summed E-state index contributed by atoms with van der Waals surface area (Å²) in [5.74, 6) is 0.130. The number of H-pyrrole nitrogens is 1. The Balaban J connectivity index is 1.90. The van der Waals surface area contributed by atoms with E-state index in [1.165, 1.54) is 0 Å². The van der Waals surface area contributed by atoms with Crippen LogP contribution in [0.5, 0.6) is 0 Å². The molecule has 5 heteroatoms. The number of Topliss-reactive ketones (excluding diaryl/α,β-unsaturated/α-hetero) is 1. The number of likely N-dealkylation sites (tertiary alicyclic amines) is 1. The normalized spacial score (nSPS) is 16.2. The number of hydrogen-bond acceptors (Lipinski definition) is 3. The zero-order valence-corrected chi connectivity index (χ0v) is 9.85. The Morgan fingerprint density at radius 3 is 2.72 bits per heavy atom. The molecule has 2 aromatic rings. The SMILES string of the molecule is O=C1CCN(C(=O)c2n[nH]c3ccccc23)CC1. The van der Waals surface area contributed by atoms with Crippen LogP contribution in [0.15, 0.2) is 24.3 Å². The van der Waals surface area contributed by atoms with E-state index in [1.54, 1.807) is 4.90 Å². The highest BCUT2D eigenvalue weighted by atomic mass is 16.2. The number of para-hydroxylation sites is 1. The Morgan fingerprint density at radius 1 is 1.22 bits per heavy atom. The van der Waals surface area contributed by atoms with Crippen molar-refractivity contribution in [2.45, 2.75) is 12.8 Å². The fraction of sp³-hybridized carbons (Fsp3) is 0.308. The van der Waals surface area contributed by atoms with E-state index in [-0.39, 0.29) is 11.7 Å². The summed E-state index contributed by atoms with van der Waals surface area (Å²) in [6, 6.07) is 7.54. The van der Waals surface area contributed by atoms with Crippen LogP contribution in [-0.4, -0.2) is 39.9 Å². The maximum Gasteiger partial charge on any atom is 0.275 e. The number of rotatable bonds is 1. The van der Waals surface area contributed by atoms with Gasteiger partial charge in [-0.3, -0.25) is 14.7 Å². The molecule has 1 aromatic carbocycles. The summed E-state index contributed by atoms with van der Waals surface area (Å²) in [4.78, 5) is 25.2. The molecule has 0 saturated carbocycles. The van der Waals surface area contributed by atoms with Gasteiger partial charge in [-0.2, -0.15) is 5.10 Å². The fourth-order valence-corrected chi connectivity index (χ4v) is 2.24. The summed E-state index contributed by atoms with van der Waals surface area (Å²) < 4.78 is 0. The van der Waals surface area contributed by atoms with E-state index in [0.717, 1.165) is 10.9 Å². The predicted octanol–water partition coefficient (Wildman–Crippen LogP) is 1.37. The Morgan fingerprint density at radius 2 is 1.94 bits per heavy atom. The van der Waals surface area contributed by atoms with Crippen LogP contribution in [0.4, 0.5) is 0 Å². The molecule has 0 atom stereocenters. The number of carbonyl (C=O) groups is 2. The molecule has 1 N–H and O–H groups in total. The second kappa shape index (κ2) is 4.25. The van der Waals surface area contributed by atoms with Gasteiger partial charge in [-0.1, -0.05) is 18.2 Å². The molecule has 0 aliphatic carbocycles. The first-order chi connectivity index (χ1) is 8.75. The van der Waals surface area contributed by atoms with Crippen LogP contribution in [0.2, 0.25) is 0 Å². The Labute approximate surface area is 104 Å². The van der Waals surface area contributed by atoms with Crippen molar-refractivity contribution in [3.63, 3.8) is 0 Å². The van der Waals surface area contributed by atoms with Crippen LogP contribution in [0.25, 0.3) is 10.9 Å². The minimum absolute atomic E-state index is 0.0973. The molecule has 92 valence electrons. The number of nitrogens with one attached hydrogen (secondary N) is 1. The number of ketones is 1. The largest absolute Gasteiger partial charge is 0.336 e. The standard InChI is InChI=1S/C13H13N3O2/c17-9-5-7-16(8-6-9)13(18)12-10-3-1-2-4-11(10)14-15-12/h1-4H,5-8H2,(H,14,15). The lowest BCUT2D eigenvalue weighted by Gasteiger charge is -2.25. The Bertz CT molecular complexity index is 607. The van der Waals surface area contributed by atoms with Crippen molar-refractivity contribution >= 4 is 22.6 Å². The highest BCUT2D eigenvalue weighted by Gasteiger charge is 2.24. The molecule has 18 heavy (non-hydrogen) atoms. The molecular weight excluding hydrogens is 230 g/mol. The topological polar surface area (TPSA) is 66.1 Å². The van der Waals surface area contributed by atoms with Gasteiger partial charge in [-0.05, 0) is 6.07 Å². The number of amides is 1. The third-order valence-electron chi connectivity index (χ3n) is 3.28. The highest BCUT2D eigenvalue weighted by Crippen LogP contribution is 2.18. The van der Waals surface area contributed by atoms with Crippen LogP contribution in [0.3, 0.4) is 0 Å². The van der Waals surface area contributed by atoms with E-state index >= 15 is 0 Å². The fourth-order valence-electron chi connectivity index (χ4n) is 2.24. The van der Waals surface area contributed by atoms with Gasteiger partial charge in [0.25, 0.3) is 5.91 Å². The molecule has 3 rings (SSSR count). The minimum Gasteiger partial charge on any atom is -0.336 e.